The molecule has 1 aliphatic rings. The average Bonchev–Trinajstić information content (AvgIpc) is 2.81. The van der Waals surface area contributed by atoms with Gasteiger partial charge >= 0.3 is 0 Å². The summed E-state index contributed by atoms with van der Waals surface area (Å²) < 4.78 is 6.22. The number of hydrogen-bond donors (Lipinski definition) is 1. The Labute approximate surface area is 137 Å². The molecule has 21 heavy (non-hydrogen) atoms. The quantitative estimate of drug-likeness (QED) is 0.847. The van der Waals surface area contributed by atoms with Crippen LogP contribution >= 0.6 is 27.3 Å². The molecule has 3 nitrogen and oxygen atoms in total. The number of hydrogen-bond acceptors (Lipinski definition) is 4. The highest BCUT2D eigenvalue weighted by Gasteiger charge is 2.33. The van der Waals surface area contributed by atoms with Gasteiger partial charge in [-0.1, -0.05) is 13.8 Å². The van der Waals surface area contributed by atoms with Crippen molar-refractivity contribution in [1.82, 2.24) is 4.98 Å². The smallest absolute Gasteiger partial charge is 0.133 e. The third-order valence-corrected chi connectivity index (χ3v) is 5.78. The molecule has 1 atom stereocenters. The molecule has 5 heteroatoms. The second kappa shape index (κ2) is 5.38. The largest absolute Gasteiger partial charge is 0.496 e. The van der Waals surface area contributed by atoms with Crippen LogP contribution in [0.5, 0.6) is 5.75 Å². The van der Waals surface area contributed by atoms with Gasteiger partial charge in [0.2, 0.25) is 0 Å². The number of ether oxygens (including phenoxy) is 1. The van der Waals surface area contributed by atoms with Crippen LogP contribution in [-0.2, 0) is 6.42 Å². The summed E-state index contributed by atoms with van der Waals surface area (Å²) in [4.78, 5) is 6.09. The molecule has 1 aromatic heterocycles. The van der Waals surface area contributed by atoms with E-state index in [4.69, 9.17) is 15.5 Å². The van der Waals surface area contributed by atoms with Gasteiger partial charge in [0.05, 0.1) is 17.3 Å². The summed E-state index contributed by atoms with van der Waals surface area (Å²) in [6, 6.07) is 6.17. The summed E-state index contributed by atoms with van der Waals surface area (Å²) in [5, 5.41) is 1.04. The van der Waals surface area contributed by atoms with E-state index < -0.39 is 0 Å². The van der Waals surface area contributed by atoms with E-state index in [1.54, 1.807) is 18.4 Å². The van der Waals surface area contributed by atoms with Crippen LogP contribution in [0.25, 0.3) is 10.6 Å². The fraction of sp³-hybridized carbons (Fsp3) is 0.438. The van der Waals surface area contributed by atoms with Crippen LogP contribution in [0.4, 0.5) is 0 Å². The lowest BCUT2D eigenvalue weighted by atomic mass is 9.77. The first-order valence-electron chi connectivity index (χ1n) is 6.99. The molecule has 1 heterocycles. The molecule has 3 rings (SSSR count). The van der Waals surface area contributed by atoms with E-state index >= 15 is 0 Å². The molecule has 0 fully saturated rings. The number of rotatable bonds is 2. The second-order valence-electron chi connectivity index (χ2n) is 6.33. The molecule has 1 aromatic carbocycles. The van der Waals surface area contributed by atoms with Crippen molar-refractivity contribution < 1.29 is 4.74 Å². The molecule has 0 amide bonds. The van der Waals surface area contributed by atoms with E-state index in [0.29, 0.717) is 0 Å². The Morgan fingerprint density at radius 2 is 2.19 bits per heavy atom. The lowest BCUT2D eigenvalue weighted by molar-refractivity contribution is 0.282. The van der Waals surface area contributed by atoms with Gasteiger partial charge in [-0.2, -0.15) is 0 Å². The molecule has 2 aromatic rings. The topological polar surface area (TPSA) is 48.1 Å². The number of nitrogens with two attached hydrogens (primary N) is 1. The van der Waals surface area contributed by atoms with Gasteiger partial charge < -0.3 is 10.5 Å². The Kier molecular flexibility index (Phi) is 3.84. The second-order valence-corrected chi connectivity index (χ2v) is 8.22. The van der Waals surface area contributed by atoms with Crippen LogP contribution in [0.1, 0.15) is 36.9 Å². The van der Waals surface area contributed by atoms with E-state index in [9.17, 15) is 0 Å². The molecular formula is C16H19BrN2OS. The van der Waals surface area contributed by atoms with Gasteiger partial charge in [-0.25, -0.2) is 4.98 Å². The van der Waals surface area contributed by atoms with E-state index in [1.165, 1.54) is 10.6 Å². The predicted octanol–water partition coefficient (Wildman–Crippen LogP) is 4.55. The van der Waals surface area contributed by atoms with Gasteiger partial charge in [-0.05, 0) is 52.4 Å². The van der Waals surface area contributed by atoms with Crippen LogP contribution < -0.4 is 10.5 Å². The molecule has 0 aliphatic heterocycles. The van der Waals surface area contributed by atoms with Gasteiger partial charge in [0.15, 0.2) is 0 Å². The highest BCUT2D eigenvalue weighted by molar-refractivity contribution is 9.10. The first-order valence-corrected chi connectivity index (χ1v) is 8.60. The summed E-state index contributed by atoms with van der Waals surface area (Å²) in [6.45, 7) is 4.53. The number of halogens is 1. The van der Waals surface area contributed by atoms with Gasteiger partial charge in [0.1, 0.15) is 10.8 Å². The number of aromatic nitrogens is 1. The van der Waals surface area contributed by atoms with Crippen LogP contribution in [0.3, 0.4) is 0 Å². The van der Waals surface area contributed by atoms with Crippen molar-refractivity contribution in [3.8, 4) is 16.3 Å². The zero-order valence-corrected chi connectivity index (χ0v) is 14.8. The highest BCUT2D eigenvalue weighted by Crippen LogP contribution is 2.44. The fourth-order valence-electron chi connectivity index (χ4n) is 2.92. The zero-order valence-electron chi connectivity index (χ0n) is 12.4. The molecule has 2 N–H and O–H groups in total. The number of methoxy groups -OCH3 is 1. The summed E-state index contributed by atoms with van der Waals surface area (Å²) in [5.74, 6) is 0.831. The van der Waals surface area contributed by atoms with Crippen molar-refractivity contribution in [3.63, 3.8) is 0 Å². The molecule has 0 bridgehead atoms. The molecule has 1 aliphatic carbocycles. The molecule has 0 saturated carbocycles. The summed E-state index contributed by atoms with van der Waals surface area (Å²) in [7, 11) is 1.67. The number of fused-ring (bicyclic) bond motifs is 1. The third-order valence-electron chi connectivity index (χ3n) is 3.88. The SMILES string of the molecule is COc1ccc(-c2nc3c(s2)C(N)CC(C)(C)C3)cc1Br. The van der Waals surface area contributed by atoms with Crippen molar-refractivity contribution in [3.05, 3.63) is 33.2 Å². The predicted molar refractivity (Wildman–Crippen MR) is 90.8 cm³/mol. The maximum Gasteiger partial charge on any atom is 0.133 e. The minimum Gasteiger partial charge on any atom is -0.496 e. The molecule has 0 radical (unpaired) electrons. The highest BCUT2D eigenvalue weighted by atomic mass is 79.9. The van der Waals surface area contributed by atoms with Crippen LogP contribution in [0.2, 0.25) is 0 Å². The summed E-state index contributed by atoms with van der Waals surface area (Å²) in [6.07, 6.45) is 2.03. The number of thiazole rings is 1. The fourth-order valence-corrected chi connectivity index (χ4v) is 4.54. The zero-order chi connectivity index (χ0) is 15.2. The standard InChI is InChI=1S/C16H19BrN2OS/c1-16(2)7-11(18)14-12(8-16)19-15(21-14)9-4-5-13(20-3)10(17)6-9/h4-6,11H,7-8,18H2,1-3H3. The maximum absolute atomic E-state index is 6.33. The van der Waals surface area contributed by atoms with Gasteiger partial charge in [-0.3, -0.25) is 0 Å². The summed E-state index contributed by atoms with van der Waals surface area (Å²) >= 11 is 5.26. The molecule has 0 saturated heterocycles. The van der Waals surface area contributed by atoms with Gasteiger partial charge in [-0.15, -0.1) is 11.3 Å². The molecule has 112 valence electrons. The normalized spacial score (nSPS) is 20.1. The minimum absolute atomic E-state index is 0.108. The Bertz CT molecular complexity index is 681. The van der Waals surface area contributed by atoms with Gasteiger partial charge in [0.25, 0.3) is 0 Å². The van der Waals surface area contributed by atoms with Crippen molar-refractivity contribution in [2.75, 3.05) is 7.11 Å². The van der Waals surface area contributed by atoms with E-state index in [-0.39, 0.29) is 11.5 Å². The number of nitrogens with zero attached hydrogens (tertiary/aromatic N) is 1. The Morgan fingerprint density at radius 1 is 1.43 bits per heavy atom. The minimum atomic E-state index is 0.108. The maximum atomic E-state index is 6.33. The van der Waals surface area contributed by atoms with E-state index in [1.807, 2.05) is 12.1 Å². The van der Waals surface area contributed by atoms with Crippen LogP contribution in [-0.4, -0.2) is 12.1 Å². The Hall–Kier alpha value is -0.910. The van der Waals surface area contributed by atoms with E-state index in [0.717, 1.165) is 33.6 Å². The Morgan fingerprint density at radius 3 is 2.86 bits per heavy atom. The first-order chi connectivity index (χ1) is 9.89. The number of benzene rings is 1. The van der Waals surface area contributed by atoms with Crippen molar-refractivity contribution in [2.24, 2.45) is 11.1 Å². The first kappa shape index (κ1) is 15.0. The van der Waals surface area contributed by atoms with Crippen molar-refractivity contribution in [2.45, 2.75) is 32.7 Å². The monoisotopic (exact) mass is 366 g/mol. The van der Waals surface area contributed by atoms with Crippen molar-refractivity contribution >= 4 is 27.3 Å². The van der Waals surface area contributed by atoms with Crippen LogP contribution in [0.15, 0.2) is 22.7 Å². The third kappa shape index (κ3) is 2.87. The average molecular weight is 367 g/mol. The lowest BCUT2D eigenvalue weighted by Gasteiger charge is -2.32. The molecule has 1 unspecified atom stereocenters. The van der Waals surface area contributed by atoms with Gasteiger partial charge in [0, 0.05) is 16.5 Å². The van der Waals surface area contributed by atoms with Crippen LogP contribution in [0, 0.1) is 5.41 Å². The van der Waals surface area contributed by atoms with E-state index in [2.05, 4.69) is 35.8 Å². The molecule has 0 spiro atoms. The summed E-state index contributed by atoms with van der Waals surface area (Å²) in [5.41, 5.74) is 8.84. The van der Waals surface area contributed by atoms with Crippen molar-refractivity contribution in [1.29, 1.82) is 0 Å². The lowest BCUT2D eigenvalue weighted by Crippen LogP contribution is -2.28. The Balaban J connectivity index is 2.00. The molecular weight excluding hydrogens is 348 g/mol.